The topological polar surface area (TPSA) is 64.4 Å². The highest BCUT2D eigenvalue weighted by molar-refractivity contribution is 5.85. The van der Waals surface area contributed by atoms with Crippen LogP contribution in [-0.4, -0.2) is 18.1 Å². The molecule has 1 aliphatic carbocycles. The molecule has 1 fully saturated rings. The summed E-state index contributed by atoms with van der Waals surface area (Å²) >= 11 is 0. The second kappa shape index (κ2) is 10.2. The zero-order valence-electron chi connectivity index (χ0n) is 14.9. The minimum Gasteiger partial charge on any atom is -0.490 e. The predicted molar refractivity (Wildman–Crippen MR) is 107 cm³/mol. The number of carbonyl (C=O) groups excluding carboxylic acids is 1. The summed E-state index contributed by atoms with van der Waals surface area (Å²) < 4.78 is 6.11. The first kappa shape index (κ1) is 20.3. The summed E-state index contributed by atoms with van der Waals surface area (Å²) in [7, 11) is 0. The average Bonchev–Trinajstić information content (AvgIpc) is 3.14. The molecule has 140 valence electrons. The molecular weight excluding hydrogens is 348 g/mol. The standard InChI is InChI=1S/C21H26N2O2.ClH/c22-19(14-16-8-2-1-3-9-16)21(24)23-15-17-10-4-7-13-20(17)25-18-11-5-6-12-18;/h1-4,7-10,13,18-19H,5-6,11-12,14-15,22H2,(H,23,24);1H/t19-;/m0./s1. The van der Waals surface area contributed by atoms with Crippen LogP contribution in [0, 0.1) is 0 Å². The predicted octanol–water partition coefficient (Wildman–Crippen LogP) is 3.62. The SMILES string of the molecule is Cl.N[C@@H](Cc1ccccc1)C(=O)NCc1ccccc1OC1CCCC1. The lowest BCUT2D eigenvalue weighted by Crippen LogP contribution is -2.41. The normalized spacial score (nSPS) is 15.1. The van der Waals surface area contributed by atoms with Crippen molar-refractivity contribution in [1.82, 2.24) is 5.32 Å². The molecule has 0 spiro atoms. The number of ether oxygens (including phenoxy) is 1. The van der Waals surface area contributed by atoms with E-state index in [0.717, 1.165) is 29.7 Å². The third-order valence-corrected chi connectivity index (χ3v) is 4.66. The number of carbonyl (C=O) groups is 1. The van der Waals surface area contributed by atoms with Crippen LogP contribution in [0.1, 0.15) is 36.8 Å². The number of amides is 1. The molecule has 2 aromatic carbocycles. The van der Waals surface area contributed by atoms with Crippen LogP contribution in [-0.2, 0) is 17.8 Å². The Morgan fingerprint density at radius 1 is 1.08 bits per heavy atom. The summed E-state index contributed by atoms with van der Waals surface area (Å²) in [4.78, 5) is 12.3. The molecule has 0 heterocycles. The summed E-state index contributed by atoms with van der Waals surface area (Å²) in [6, 6.07) is 17.2. The molecule has 0 unspecified atom stereocenters. The maximum atomic E-state index is 12.3. The van der Waals surface area contributed by atoms with Gasteiger partial charge in [-0.05, 0) is 43.7 Å². The third-order valence-electron chi connectivity index (χ3n) is 4.66. The van der Waals surface area contributed by atoms with Gasteiger partial charge < -0.3 is 15.8 Å². The maximum absolute atomic E-state index is 12.3. The Morgan fingerprint density at radius 2 is 1.73 bits per heavy atom. The van der Waals surface area contributed by atoms with Crippen molar-refractivity contribution in [3.63, 3.8) is 0 Å². The summed E-state index contributed by atoms with van der Waals surface area (Å²) in [6.07, 6.45) is 5.53. The maximum Gasteiger partial charge on any atom is 0.237 e. The quantitative estimate of drug-likeness (QED) is 0.778. The van der Waals surface area contributed by atoms with Crippen LogP contribution in [0.4, 0.5) is 0 Å². The van der Waals surface area contributed by atoms with Gasteiger partial charge in [0.25, 0.3) is 0 Å². The molecule has 0 aliphatic heterocycles. The van der Waals surface area contributed by atoms with Gasteiger partial charge in [0.2, 0.25) is 5.91 Å². The fraction of sp³-hybridized carbons (Fsp3) is 0.381. The number of halogens is 1. The molecular formula is C21H27ClN2O2. The highest BCUT2D eigenvalue weighted by atomic mass is 35.5. The van der Waals surface area contributed by atoms with Gasteiger partial charge in [0.1, 0.15) is 5.75 Å². The molecule has 0 saturated heterocycles. The van der Waals surface area contributed by atoms with Gasteiger partial charge in [-0.1, -0.05) is 48.5 Å². The molecule has 3 rings (SSSR count). The van der Waals surface area contributed by atoms with E-state index in [9.17, 15) is 4.79 Å². The Bertz CT molecular complexity index is 687. The van der Waals surface area contributed by atoms with Crippen LogP contribution < -0.4 is 15.8 Å². The van der Waals surface area contributed by atoms with Crippen LogP contribution in [0.5, 0.6) is 5.75 Å². The van der Waals surface area contributed by atoms with Gasteiger partial charge in [0.05, 0.1) is 12.1 Å². The fourth-order valence-electron chi connectivity index (χ4n) is 3.22. The Kier molecular flexibility index (Phi) is 7.95. The largest absolute Gasteiger partial charge is 0.490 e. The first-order valence-corrected chi connectivity index (χ1v) is 9.04. The molecule has 0 radical (unpaired) electrons. The number of nitrogens with one attached hydrogen (secondary N) is 1. The lowest BCUT2D eigenvalue weighted by molar-refractivity contribution is -0.122. The lowest BCUT2D eigenvalue weighted by Gasteiger charge is -2.17. The van der Waals surface area contributed by atoms with E-state index in [4.69, 9.17) is 10.5 Å². The Morgan fingerprint density at radius 3 is 2.46 bits per heavy atom. The van der Waals surface area contributed by atoms with Gasteiger partial charge in [-0.3, -0.25) is 4.79 Å². The van der Waals surface area contributed by atoms with E-state index in [1.807, 2.05) is 54.6 Å². The van der Waals surface area contributed by atoms with Gasteiger partial charge >= 0.3 is 0 Å². The average molecular weight is 375 g/mol. The number of benzene rings is 2. The molecule has 0 aromatic heterocycles. The van der Waals surface area contributed by atoms with E-state index in [1.165, 1.54) is 12.8 Å². The van der Waals surface area contributed by atoms with Crippen molar-refractivity contribution in [3.8, 4) is 5.75 Å². The van der Waals surface area contributed by atoms with Crippen LogP contribution >= 0.6 is 12.4 Å². The Labute approximate surface area is 161 Å². The second-order valence-corrected chi connectivity index (χ2v) is 6.65. The van der Waals surface area contributed by atoms with Gasteiger partial charge in [0, 0.05) is 12.1 Å². The number of rotatable bonds is 7. The second-order valence-electron chi connectivity index (χ2n) is 6.65. The zero-order valence-corrected chi connectivity index (χ0v) is 15.7. The van der Waals surface area contributed by atoms with Crippen LogP contribution in [0.3, 0.4) is 0 Å². The van der Waals surface area contributed by atoms with Crippen molar-refractivity contribution in [2.45, 2.75) is 50.8 Å². The minimum absolute atomic E-state index is 0. The number of hydrogen-bond donors (Lipinski definition) is 2. The molecule has 0 bridgehead atoms. The van der Waals surface area contributed by atoms with E-state index in [2.05, 4.69) is 5.32 Å². The molecule has 26 heavy (non-hydrogen) atoms. The first-order chi connectivity index (χ1) is 12.2. The summed E-state index contributed by atoms with van der Waals surface area (Å²) in [6.45, 7) is 0.435. The minimum atomic E-state index is -0.551. The Hall–Kier alpha value is -2.04. The van der Waals surface area contributed by atoms with Gasteiger partial charge in [0.15, 0.2) is 0 Å². The molecule has 1 atom stereocenters. The van der Waals surface area contributed by atoms with Crippen molar-refractivity contribution < 1.29 is 9.53 Å². The molecule has 3 N–H and O–H groups in total. The van der Waals surface area contributed by atoms with Gasteiger partial charge in [-0.2, -0.15) is 0 Å². The smallest absolute Gasteiger partial charge is 0.237 e. The van der Waals surface area contributed by atoms with E-state index in [0.29, 0.717) is 19.1 Å². The van der Waals surface area contributed by atoms with E-state index in [-0.39, 0.29) is 18.3 Å². The zero-order chi connectivity index (χ0) is 17.5. The molecule has 5 heteroatoms. The Balaban J connectivity index is 0.00000243. The summed E-state index contributed by atoms with van der Waals surface area (Å²) in [5, 5.41) is 2.94. The van der Waals surface area contributed by atoms with Gasteiger partial charge in [-0.25, -0.2) is 0 Å². The molecule has 2 aromatic rings. The molecule has 1 aliphatic rings. The van der Waals surface area contributed by atoms with Crippen LogP contribution in [0.15, 0.2) is 54.6 Å². The monoisotopic (exact) mass is 374 g/mol. The van der Waals surface area contributed by atoms with Crippen molar-refractivity contribution in [1.29, 1.82) is 0 Å². The van der Waals surface area contributed by atoms with Crippen molar-refractivity contribution in [2.75, 3.05) is 0 Å². The third kappa shape index (κ3) is 5.75. The van der Waals surface area contributed by atoms with Crippen molar-refractivity contribution in [3.05, 3.63) is 65.7 Å². The van der Waals surface area contributed by atoms with Crippen LogP contribution in [0.2, 0.25) is 0 Å². The number of nitrogens with two attached hydrogens (primary N) is 1. The summed E-state index contributed by atoms with van der Waals surface area (Å²) in [5.74, 6) is 0.728. The molecule has 1 saturated carbocycles. The van der Waals surface area contributed by atoms with Crippen molar-refractivity contribution in [2.24, 2.45) is 5.73 Å². The highest BCUT2D eigenvalue weighted by Gasteiger charge is 2.18. The van der Waals surface area contributed by atoms with E-state index >= 15 is 0 Å². The van der Waals surface area contributed by atoms with Crippen LogP contribution in [0.25, 0.3) is 0 Å². The molecule has 4 nitrogen and oxygen atoms in total. The van der Waals surface area contributed by atoms with E-state index < -0.39 is 6.04 Å². The van der Waals surface area contributed by atoms with Crippen molar-refractivity contribution >= 4 is 18.3 Å². The number of hydrogen-bond acceptors (Lipinski definition) is 3. The lowest BCUT2D eigenvalue weighted by atomic mass is 10.1. The van der Waals surface area contributed by atoms with E-state index in [1.54, 1.807) is 0 Å². The first-order valence-electron chi connectivity index (χ1n) is 9.04. The number of para-hydroxylation sites is 1. The van der Waals surface area contributed by atoms with Gasteiger partial charge in [-0.15, -0.1) is 12.4 Å². The fourth-order valence-corrected chi connectivity index (χ4v) is 3.22. The highest BCUT2D eigenvalue weighted by Crippen LogP contribution is 2.26. The molecule has 1 amide bonds. The summed E-state index contributed by atoms with van der Waals surface area (Å²) in [5.41, 5.74) is 8.10.